The third kappa shape index (κ3) is 7.73. The van der Waals surface area contributed by atoms with E-state index in [0.717, 1.165) is 38.0 Å². The van der Waals surface area contributed by atoms with Crippen LogP contribution in [-0.4, -0.2) is 50.0 Å². The summed E-state index contributed by atoms with van der Waals surface area (Å²) < 4.78 is 27.4. The van der Waals surface area contributed by atoms with Gasteiger partial charge in [-0.1, -0.05) is 96.6 Å². The number of fused-ring (bicyclic) bond motifs is 1. The summed E-state index contributed by atoms with van der Waals surface area (Å²) in [5.74, 6) is -0.759. The van der Waals surface area contributed by atoms with Crippen molar-refractivity contribution in [1.29, 1.82) is 0 Å². The Kier molecular flexibility index (Phi) is 9.45. The van der Waals surface area contributed by atoms with Gasteiger partial charge in [-0.2, -0.15) is 0 Å². The van der Waals surface area contributed by atoms with Gasteiger partial charge in [-0.15, -0.1) is 0 Å². The van der Waals surface area contributed by atoms with E-state index in [9.17, 15) is 18.0 Å². The molecule has 4 rings (SSSR count). The lowest BCUT2D eigenvalue weighted by atomic mass is 10.0. The molecule has 0 aliphatic carbocycles. The van der Waals surface area contributed by atoms with E-state index in [1.54, 1.807) is 12.1 Å². The largest absolute Gasteiger partial charge is 0.352 e. The van der Waals surface area contributed by atoms with Crippen LogP contribution < -0.4 is 9.62 Å². The summed E-state index contributed by atoms with van der Waals surface area (Å²) in [7, 11) is -3.86. The first kappa shape index (κ1) is 29.8. The van der Waals surface area contributed by atoms with E-state index in [1.807, 2.05) is 106 Å². The number of benzene rings is 4. The van der Waals surface area contributed by atoms with Crippen molar-refractivity contribution in [3.05, 3.63) is 114 Å². The van der Waals surface area contributed by atoms with Crippen molar-refractivity contribution < 1.29 is 18.0 Å². The highest BCUT2D eigenvalue weighted by Crippen LogP contribution is 2.29. The maximum atomic E-state index is 14.3. The Balaban J connectivity index is 1.78. The molecule has 4 aromatic rings. The molecule has 4 aromatic carbocycles. The molecule has 0 heterocycles. The number of nitrogens with one attached hydrogen (secondary N) is 1. The molecular weight excluding hydrogens is 534 g/mol. The Morgan fingerprint density at radius 1 is 0.829 bits per heavy atom. The number of rotatable bonds is 11. The van der Waals surface area contributed by atoms with Crippen LogP contribution in [0.15, 0.2) is 97.1 Å². The van der Waals surface area contributed by atoms with Crippen LogP contribution in [0.2, 0.25) is 0 Å². The molecule has 0 aliphatic heterocycles. The molecule has 0 spiro atoms. The molecule has 0 saturated heterocycles. The summed E-state index contributed by atoms with van der Waals surface area (Å²) in [6, 6.07) is 29.1. The molecule has 8 heteroatoms. The minimum atomic E-state index is -3.86. The van der Waals surface area contributed by atoms with E-state index in [2.05, 4.69) is 5.32 Å². The van der Waals surface area contributed by atoms with Crippen molar-refractivity contribution in [2.45, 2.75) is 45.8 Å². The quantitative estimate of drug-likeness (QED) is 0.272. The summed E-state index contributed by atoms with van der Waals surface area (Å²) in [5.41, 5.74) is 3.19. The van der Waals surface area contributed by atoms with Gasteiger partial charge >= 0.3 is 0 Å². The highest BCUT2D eigenvalue weighted by molar-refractivity contribution is 7.92. The molecule has 0 bridgehead atoms. The SMILES string of the molecule is Cc1cccc(CN(C(=O)CN(c2cccc3ccccc23)S(C)(=O)=O)[C@@H](Cc2ccccc2)C(=O)NC(C)C)c1. The van der Waals surface area contributed by atoms with Crippen molar-refractivity contribution >= 4 is 38.3 Å². The fraction of sp³-hybridized carbons (Fsp3) is 0.273. The van der Waals surface area contributed by atoms with Gasteiger partial charge in [0.2, 0.25) is 21.8 Å². The lowest BCUT2D eigenvalue weighted by Crippen LogP contribution is -2.54. The Labute approximate surface area is 242 Å². The van der Waals surface area contributed by atoms with Crippen LogP contribution in [0.5, 0.6) is 0 Å². The summed E-state index contributed by atoms with van der Waals surface area (Å²) in [4.78, 5) is 29.4. The Hall–Kier alpha value is -4.17. The molecular formula is C33H37N3O4S. The van der Waals surface area contributed by atoms with Crippen molar-refractivity contribution in [3.8, 4) is 0 Å². The second-order valence-electron chi connectivity index (χ2n) is 10.6. The van der Waals surface area contributed by atoms with Gasteiger partial charge in [0.15, 0.2) is 0 Å². The minimum absolute atomic E-state index is 0.139. The van der Waals surface area contributed by atoms with Crippen LogP contribution in [0, 0.1) is 6.92 Å². The standard InChI is InChI=1S/C33H37N3O4S/c1-24(2)34-33(38)31(21-26-13-6-5-7-14-26)35(22-27-15-10-12-25(3)20-27)32(37)23-36(41(4,39)40)30-19-11-17-28-16-8-9-18-29(28)30/h5-20,24,31H,21-23H2,1-4H3,(H,34,38)/t31-/m0/s1. The van der Waals surface area contributed by atoms with E-state index in [4.69, 9.17) is 0 Å². The molecule has 41 heavy (non-hydrogen) atoms. The number of carbonyl (C=O) groups excluding carboxylic acids is 2. The van der Waals surface area contributed by atoms with Crippen molar-refractivity contribution in [1.82, 2.24) is 10.2 Å². The van der Waals surface area contributed by atoms with Crippen LogP contribution in [0.25, 0.3) is 10.8 Å². The maximum absolute atomic E-state index is 14.3. The van der Waals surface area contributed by atoms with Gasteiger partial charge < -0.3 is 10.2 Å². The van der Waals surface area contributed by atoms with E-state index in [-0.39, 0.29) is 24.9 Å². The van der Waals surface area contributed by atoms with E-state index in [1.165, 1.54) is 4.90 Å². The third-order valence-electron chi connectivity index (χ3n) is 6.85. The number of aryl methyl sites for hydroxylation is 1. The predicted octanol–water partition coefficient (Wildman–Crippen LogP) is 5.08. The average Bonchev–Trinajstić information content (AvgIpc) is 2.93. The van der Waals surface area contributed by atoms with Crippen molar-refractivity contribution in [2.24, 2.45) is 0 Å². The zero-order valence-electron chi connectivity index (χ0n) is 23.9. The number of amides is 2. The van der Waals surface area contributed by atoms with Crippen LogP contribution >= 0.6 is 0 Å². The number of anilines is 1. The number of sulfonamides is 1. The Bertz CT molecular complexity index is 1610. The van der Waals surface area contributed by atoms with Crippen LogP contribution in [-0.2, 0) is 32.6 Å². The first-order valence-corrected chi connectivity index (χ1v) is 15.5. The lowest BCUT2D eigenvalue weighted by molar-refractivity contribution is -0.140. The number of hydrogen-bond acceptors (Lipinski definition) is 4. The molecule has 0 unspecified atom stereocenters. The fourth-order valence-electron chi connectivity index (χ4n) is 4.96. The molecule has 0 aliphatic rings. The average molecular weight is 572 g/mol. The van der Waals surface area contributed by atoms with Gasteiger partial charge in [0, 0.05) is 24.4 Å². The van der Waals surface area contributed by atoms with Gasteiger partial charge in [-0.05, 0) is 43.4 Å². The summed E-state index contributed by atoms with van der Waals surface area (Å²) in [5, 5.41) is 4.55. The van der Waals surface area contributed by atoms with Gasteiger partial charge in [-0.25, -0.2) is 8.42 Å². The monoisotopic (exact) mass is 571 g/mol. The molecule has 0 radical (unpaired) electrons. The smallest absolute Gasteiger partial charge is 0.244 e. The second kappa shape index (κ2) is 13.0. The zero-order valence-corrected chi connectivity index (χ0v) is 24.8. The topological polar surface area (TPSA) is 86.8 Å². The zero-order chi connectivity index (χ0) is 29.6. The van der Waals surface area contributed by atoms with Gasteiger partial charge in [0.25, 0.3) is 0 Å². The number of nitrogens with zero attached hydrogens (tertiary/aromatic N) is 2. The van der Waals surface area contributed by atoms with Crippen LogP contribution in [0.1, 0.15) is 30.5 Å². The minimum Gasteiger partial charge on any atom is -0.352 e. The Morgan fingerprint density at radius 2 is 1.46 bits per heavy atom. The molecule has 0 fully saturated rings. The third-order valence-corrected chi connectivity index (χ3v) is 7.98. The Morgan fingerprint density at radius 3 is 2.15 bits per heavy atom. The molecule has 0 aromatic heterocycles. The predicted molar refractivity (Wildman–Crippen MR) is 165 cm³/mol. The van der Waals surface area contributed by atoms with Gasteiger partial charge in [0.1, 0.15) is 12.6 Å². The molecule has 1 N–H and O–H groups in total. The summed E-state index contributed by atoms with van der Waals surface area (Å²) in [6.07, 6.45) is 1.38. The summed E-state index contributed by atoms with van der Waals surface area (Å²) >= 11 is 0. The van der Waals surface area contributed by atoms with Crippen LogP contribution in [0.3, 0.4) is 0 Å². The first-order chi connectivity index (χ1) is 19.5. The van der Waals surface area contributed by atoms with E-state index < -0.39 is 28.5 Å². The maximum Gasteiger partial charge on any atom is 0.244 e. The van der Waals surface area contributed by atoms with E-state index >= 15 is 0 Å². The van der Waals surface area contributed by atoms with Gasteiger partial charge in [0.05, 0.1) is 11.9 Å². The van der Waals surface area contributed by atoms with Crippen molar-refractivity contribution in [2.75, 3.05) is 17.1 Å². The number of carbonyl (C=O) groups is 2. The van der Waals surface area contributed by atoms with E-state index in [0.29, 0.717) is 5.69 Å². The van der Waals surface area contributed by atoms with Crippen LogP contribution in [0.4, 0.5) is 5.69 Å². The lowest BCUT2D eigenvalue weighted by Gasteiger charge is -2.34. The van der Waals surface area contributed by atoms with Gasteiger partial charge in [-0.3, -0.25) is 13.9 Å². The molecule has 0 saturated carbocycles. The van der Waals surface area contributed by atoms with Crippen molar-refractivity contribution in [3.63, 3.8) is 0 Å². The normalized spacial score (nSPS) is 12.2. The highest BCUT2D eigenvalue weighted by Gasteiger charge is 2.33. The summed E-state index contributed by atoms with van der Waals surface area (Å²) in [6.45, 7) is 5.41. The molecule has 214 valence electrons. The second-order valence-corrected chi connectivity index (χ2v) is 12.6. The fourth-order valence-corrected chi connectivity index (χ4v) is 5.82. The molecule has 7 nitrogen and oxygen atoms in total. The number of hydrogen-bond donors (Lipinski definition) is 1. The molecule has 2 amide bonds. The molecule has 1 atom stereocenters. The highest BCUT2D eigenvalue weighted by atomic mass is 32.2. The first-order valence-electron chi connectivity index (χ1n) is 13.7.